The molecule has 0 radical (unpaired) electrons. The van der Waals surface area contributed by atoms with Crippen molar-refractivity contribution in [2.45, 2.75) is 44.8 Å². The lowest BCUT2D eigenvalue weighted by Crippen LogP contribution is -2.60. The molecular weight excluding hydrogens is 420 g/mol. The number of amides is 3. The Labute approximate surface area is 192 Å². The first-order valence-electron chi connectivity index (χ1n) is 11.8. The van der Waals surface area contributed by atoms with Gasteiger partial charge in [-0.1, -0.05) is 0 Å². The van der Waals surface area contributed by atoms with Crippen LogP contribution in [0.2, 0.25) is 0 Å². The highest BCUT2D eigenvalue weighted by atomic mass is 16.3. The summed E-state index contributed by atoms with van der Waals surface area (Å²) in [6.45, 7) is 5.71. The van der Waals surface area contributed by atoms with E-state index in [1.165, 1.54) is 18.4 Å². The number of hydrogen-bond acceptors (Lipinski definition) is 6. The monoisotopic (exact) mass is 448 g/mol. The maximum absolute atomic E-state index is 12.9. The molecule has 3 fully saturated rings. The molecule has 8 nitrogen and oxygen atoms in total. The molecule has 4 aliphatic heterocycles. The van der Waals surface area contributed by atoms with E-state index in [4.69, 9.17) is 4.42 Å². The average molecular weight is 449 g/mol. The Morgan fingerprint density at radius 3 is 2.64 bits per heavy atom. The fourth-order valence-corrected chi connectivity index (χ4v) is 5.85. The molecule has 1 unspecified atom stereocenters. The van der Waals surface area contributed by atoms with Gasteiger partial charge in [0.1, 0.15) is 6.04 Å². The number of fused-ring (bicyclic) bond motifs is 1. The third-order valence-corrected chi connectivity index (χ3v) is 7.83. The second kappa shape index (κ2) is 7.73. The first-order valence-corrected chi connectivity index (χ1v) is 11.8. The lowest BCUT2D eigenvalue weighted by Gasteiger charge is -2.55. The standard InChI is InChI=1S/C25H28N4O4/c30-22-4-3-21(23(31)26-22)29-13-18-11-19(1-2-20(18)24(29)32)28-15-25(16-28)6-8-27(9-7-25)12-17-5-10-33-14-17/h1-2,5,10-11,14,21H,3-4,6-9,12-13,15-16H2,(H,26,30,31). The Kier molecular flexibility index (Phi) is 4.79. The number of furan rings is 1. The summed E-state index contributed by atoms with van der Waals surface area (Å²) >= 11 is 0. The number of carbonyl (C=O) groups excluding carboxylic acids is 3. The van der Waals surface area contributed by atoms with Gasteiger partial charge in [-0.25, -0.2) is 0 Å². The zero-order valence-electron chi connectivity index (χ0n) is 18.6. The van der Waals surface area contributed by atoms with Gasteiger partial charge < -0.3 is 14.2 Å². The number of nitrogens with zero attached hydrogens (tertiary/aromatic N) is 3. The number of imide groups is 1. The third-order valence-electron chi connectivity index (χ3n) is 7.83. The van der Waals surface area contributed by atoms with E-state index in [0.29, 0.717) is 23.9 Å². The maximum atomic E-state index is 12.9. The Balaban J connectivity index is 1.08. The Morgan fingerprint density at radius 1 is 1.09 bits per heavy atom. The summed E-state index contributed by atoms with van der Waals surface area (Å²) in [5.74, 6) is -0.741. The first kappa shape index (κ1) is 20.5. The van der Waals surface area contributed by atoms with E-state index in [9.17, 15) is 14.4 Å². The van der Waals surface area contributed by atoms with Gasteiger partial charge in [0.2, 0.25) is 11.8 Å². The molecule has 0 aliphatic carbocycles. The summed E-state index contributed by atoms with van der Waals surface area (Å²) < 4.78 is 5.19. The van der Waals surface area contributed by atoms with Gasteiger partial charge in [0.25, 0.3) is 5.91 Å². The van der Waals surface area contributed by atoms with Crippen molar-refractivity contribution in [2.75, 3.05) is 31.1 Å². The van der Waals surface area contributed by atoms with E-state index in [1.54, 1.807) is 11.2 Å². The van der Waals surface area contributed by atoms with Crippen LogP contribution in [-0.2, 0) is 22.7 Å². The SMILES string of the molecule is O=C1CCC(N2Cc3cc(N4CC5(CCN(Cc6ccoc6)CC5)C4)ccc3C2=O)C(=O)N1. The Bertz CT molecular complexity index is 1100. The number of hydrogen-bond donors (Lipinski definition) is 1. The molecule has 2 aromatic rings. The minimum Gasteiger partial charge on any atom is -0.472 e. The number of rotatable bonds is 4. The van der Waals surface area contributed by atoms with Crippen molar-refractivity contribution < 1.29 is 18.8 Å². The molecule has 4 aliphatic rings. The van der Waals surface area contributed by atoms with Gasteiger partial charge in [0.05, 0.1) is 12.5 Å². The molecule has 1 atom stereocenters. The molecule has 172 valence electrons. The topological polar surface area (TPSA) is 86.1 Å². The molecule has 33 heavy (non-hydrogen) atoms. The minimum atomic E-state index is -0.564. The minimum absolute atomic E-state index is 0.115. The third kappa shape index (κ3) is 3.62. The molecule has 1 aromatic heterocycles. The van der Waals surface area contributed by atoms with E-state index >= 15 is 0 Å². The lowest BCUT2D eigenvalue weighted by molar-refractivity contribution is -0.136. The van der Waals surface area contributed by atoms with Crippen molar-refractivity contribution in [3.8, 4) is 0 Å². The van der Waals surface area contributed by atoms with Crippen LogP contribution in [0.5, 0.6) is 0 Å². The number of likely N-dealkylation sites (tertiary alicyclic amines) is 1. The first-order chi connectivity index (χ1) is 16.0. The number of carbonyl (C=O) groups is 3. The van der Waals surface area contributed by atoms with Crippen molar-refractivity contribution >= 4 is 23.4 Å². The molecule has 0 saturated carbocycles. The predicted octanol–water partition coefficient (Wildman–Crippen LogP) is 2.14. The second-order valence-corrected chi connectivity index (χ2v) is 10.0. The van der Waals surface area contributed by atoms with Crippen molar-refractivity contribution in [1.29, 1.82) is 0 Å². The second-order valence-electron chi connectivity index (χ2n) is 10.0. The maximum Gasteiger partial charge on any atom is 0.255 e. The zero-order valence-corrected chi connectivity index (χ0v) is 18.6. The van der Waals surface area contributed by atoms with Crippen LogP contribution in [0.15, 0.2) is 41.2 Å². The van der Waals surface area contributed by atoms with Crippen LogP contribution in [0.25, 0.3) is 0 Å². The summed E-state index contributed by atoms with van der Waals surface area (Å²) in [6, 6.07) is 7.52. The fourth-order valence-electron chi connectivity index (χ4n) is 5.85. The summed E-state index contributed by atoms with van der Waals surface area (Å²) in [5.41, 5.74) is 4.42. The lowest BCUT2D eigenvalue weighted by atomic mass is 9.71. The summed E-state index contributed by atoms with van der Waals surface area (Å²) in [6.07, 6.45) is 6.64. The Morgan fingerprint density at radius 2 is 1.91 bits per heavy atom. The van der Waals surface area contributed by atoms with Crippen LogP contribution >= 0.6 is 0 Å². The van der Waals surface area contributed by atoms with Gasteiger partial charge in [-0.2, -0.15) is 0 Å². The van der Waals surface area contributed by atoms with E-state index in [1.807, 2.05) is 24.5 Å². The van der Waals surface area contributed by atoms with Crippen molar-refractivity contribution in [1.82, 2.24) is 15.1 Å². The predicted molar refractivity (Wildman–Crippen MR) is 120 cm³/mol. The van der Waals surface area contributed by atoms with Crippen molar-refractivity contribution in [2.24, 2.45) is 5.41 Å². The average Bonchev–Trinajstić information content (AvgIpc) is 3.40. The van der Waals surface area contributed by atoms with Gasteiger partial charge in [-0.15, -0.1) is 0 Å². The number of anilines is 1. The smallest absolute Gasteiger partial charge is 0.255 e. The summed E-state index contributed by atoms with van der Waals surface area (Å²) in [7, 11) is 0. The van der Waals surface area contributed by atoms with Gasteiger partial charge >= 0.3 is 0 Å². The highest BCUT2D eigenvalue weighted by Crippen LogP contribution is 2.43. The molecular formula is C25H28N4O4. The molecule has 1 N–H and O–H groups in total. The quantitative estimate of drug-likeness (QED) is 0.722. The largest absolute Gasteiger partial charge is 0.472 e. The molecule has 3 amide bonds. The molecule has 6 rings (SSSR count). The van der Waals surface area contributed by atoms with E-state index in [0.717, 1.165) is 44.0 Å². The van der Waals surface area contributed by atoms with Crippen LogP contribution in [0.3, 0.4) is 0 Å². The van der Waals surface area contributed by atoms with Crippen LogP contribution in [0.1, 0.15) is 47.2 Å². The van der Waals surface area contributed by atoms with Crippen molar-refractivity contribution in [3.05, 3.63) is 53.5 Å². The van der Waals surface area contributed by atoms with Gasteiger partial charge in [-0.05, 0) is 62.2 Å². The van der Waals surface area contributed by atoms with Gasteiger partial charge in [0, 0.05) is 54.8 Å². The van der Waals surface area contributed by atoms with Crippen molar-refractivity contribution in [3.63, 3.8) is 0 Å². The van der Waals surface area contributed by atoms with Gasteiger partial charge in [-0.3, -0.25) is 24.6 Å². The highest BCUT2D eigenvalue weighted by Gasteiger charge is 2.45. The van der Waals surface area contributed by atoms with Gasteiger partial charge in [0.15, 0.2) is 0 Å². The summed E-state index contributed by atoms with van der Waals surface area (Å²) in [5, 5.41) is 2.36. The highest BCUT2D eigenvalue weighted by molar-refractivity contribution is 6.05. The molecule has 0 bridgehead atoms. The van der Waals surface area contributed by atoms with E-state index in [-0.39, 0.29) is 24.1 Å². The molecule has 3 saturated heterocycles. The van der Waals surface area contributed by atoms with E-state index in [2.05, 4.69) is 21.2 Å². The van der Waals surface area contributed by atoms with Crippen LogP contribution < -0.4 is 10.2 Å². The summed E-state index contributed by atoms with van der Waals surface area (Å²) in [4.78, 5) is 43.2. The number of nitrogens with one attached hydrogen (secondary N) is 1. The van der Waals surface area contributed by atoms with Crippen LogP contribution in [-0.4, -0.2) is 59.7 Å². The molecule has 1 aromatic carbocycles. The normalized spacial score (nSPS) is 24.7. The molecule has 8 heteroatoms. The number of benzene rings is 1. The Hall–Kier alpha value is -3.13. The fraction of sp³-hybridized carbons (Fsp3) is 0.480. The van der Waals surface area contributed by atoms with Crippen LogP contribution in [0, 0.1) is 5.41 Å². The number of piperidine rings is 2. The van der Waals surface area contributed by atoms with Crippen LogP contribution in [0.4, 0.5) is 5.69 Å². The molecule has 1 spiro atoms. The zero-order chi connectivity index (χ0) is 22.6. The molecule has 5 heterocycles. The van der Waals surface area contributed by atoms with E-state index < -0.39 is 6.04 Å².